The van der Waals surface area contributed by atoms with Crippen LogP contribution in [0.1, 0.15) is 39.2 Å². The molecule has 1 fully saturated rings. The van der Waals surface area contributed by atoms with E-state index in [1.807, 2.05) is 20.8 Å². The first-order valence-electron chi connectivity index (χ1n) is 7.34. The minimum absolute atomic E-state index is 0.0951. The van der Waals surface area contributed by atoms with Gasteiger partial charge in [-0.25, -0.2) is 8.78 Å². The number of rotatable bonds is 6. The molecule has 0 heterocycles. The third kappa shape index (κ3) is 3.48. The summed E-state index contributed by atoms with van der Waals surface area (Å²) in [6.45, 7) is 6.52. The van der Waals surface area contributed by atoms with Crippen LogP contribution in [0.25, 0.3) is 0 Å². The molecule has 0 bridgehead atoms. The summed E-state index contributed by atoms with van der Waals surface area (Å²) >= 11 is 0. The predicted octanol–water partition coefficient (Wildman–Crippen LogP) is 3.70. The van der Waals surface area contributed by atoms with Crippen LogP contribution in [0, 0.1) is 17.6 Å². The molecule has 4 heteroatoms. The van der Waals surface area contributed by atoms with E-state index in [4.69, 9.17) is 0 Å². The van der Waals surface area contributed by atoms with Gasteiger partial charge in [0.2, 0.25) is 0 Å². The van der Waals surface area contributed by atoms with Gasteiger partial charge in [0.25, 0.3) is 0 Å². The lowest BCUT2D eigenvalue weighted by Gasteiger charge is -2.28. The van der Waals surface area contributed by atoms with Gasteiger partial charge in [-0.05, 0) is 43.4 Å². The number of benzene rings is 1. The fourth-order valence-electron chi connectivity index (χ4n) is 2.48. The minimum Gasteiger partial charge on any atom is -0.367 e. The second kappa shape index (κ2) is 6.08. The van der Waals surface area contributed by atoms with Crippen LogP contribution < -0.4 is 10.2 Å². The number of nitrogens with zero attached hydrogens (tertiary/aromatic N) is 1. The molecule has 20 heavy (non-hydrogen) atoms. The molecule has 1 unspecified atom stereocenters. The van der Waals surface area contributed by atoms with Crippen LogP contribution in [0.2, 0.25) is 0 Å². The zero-order chi connectivity index (χ0) is 14.9. The highest BCUT2D eigenvalue weighted by molar-refractivity contribution is 5.51. The Balaban J connectivity index is 2.17. The molecule has 1 aliphatic rings. The average molecular weight is 282 g/mol. The molecule has 1 aromatic rings. The lowest BCUT2D eigenvalue weighted by molar-refractivity contribution is 0.535. The summed E-state index contributed by atoms with van der Waals surface area (Å²) in [5.74, 6) is -0.373. The van der Waals surface area contributed by atoms with Crippen LogP contribution in [0.15, 0.2) is 12.1 Å². The standard InChI is InChI=1S/C16H24F2N2/c1-10(2)19-9-12-7-14(17)16(15(18)8-12)20(4)11(3)13-5-6-13/h7-8,10-11,13,19H,5-6,9H2,1-4H3. The van der Waals surface area contributed by atoms with Crippen molar-refractivity contribution in [2.45, 2.75) is 52.2 Å². The Kier molecular flexibility index (Phi) is 4.63. The second-order valence-electron chi connectivity index (χ2n) is 6.13. The quantitative estimate of drug-likeness (QED) is 0.856. The molecule has 1 N–H and O–H groups in total. The Morgan fingerprint density at radius 1 is 1.20 bits per heavy atom. The lowest BCUT2D eigenvalue weighted by Crippen LogP contribution is -2.32. The van der Waals surface area contributed by atoms with Crippen molar-refractivity contribution in [3.8, 4) is 0 Å². The van der Waals surface area contributed by atoms with Crippen LogP contribution in [0.5, 0.6) is 0 Å². The summed E-state index contributed by atoms with van der Waals surface area (Å²) in [5.41, 5.74) is 0.739. The Labute approximate surface area is 120 Å². The van der Waals surface area contributed by atoms with Gasteiger partial charge in [0, 0.05) is 25.7 Å². The van der Waals surface area contributed by atoms with Crippen molar-refractivity contribution >= 4 is 5.69 Å². The van der Waals surface area contributed by atoms with E-state index >= 15 is 0 Å². The van der Waals surface area contributed by atoms with Gasteiger partial charge in [-0.15, -0.1) is 0 Å². The molecule has 0 saturated heterocycles. The van der Waals surface area contributed by atoms with Crippen molar-refractivity contribution in [3.63, 3.8) is 0 Å². The maximum absolute atomic E-state index is 14.2. The summed E-state index contributed by atoms with van der Waals surface area (Å²) in [6, 6.07) is 3.34. The summed E-state index contributed by atoms with van der Waals surface area (Å²) in [4.78, 5) is 1.74. The molecule has 0 radical (unpaired) electrons. The van der Waals surface area contributed by atoms with E-state index in [2.05, 4.69) is 5.32 Å². The fourth-order valence-corrected chi connectivity index (χ4v) is 2.48. The molecule has 112 valence electrons. The zero-order valence-electron chi connectivity index (χ0n) is 12.7. The molecule has 1 atom stereocenters. The van der Waals surface area contributed by atoms with Gasteiger partial charge < -0.3 is 10.2 Å². The molecular weight excluding hydrogens is 258 g/mol. The monoisotopic (exact) mass is 282 g/mol. The average Bonchev–Trinajstić information content (AvgIpc) is 3.18. The van der Waals surface area contributed by atoms with Crippen molar-refractivity contribution in [2.24, 2.45) is 5.92 Å². The van der Waals surface area contributed by atoms with Crippen molar-refractivity contribution < 1.29 is 8.78 Å². The van der Waals surface area contributed by atoms with E-state index in [0.717, 1.165) is 12.8 Å². The Morgan fingerprint density at radius 3 is 2.20 bits per heavy atom. The van der Waals surface area contributed by atoms with Crippen molar-refractivity contribution in [3.05, 3.63) is 29.3 Å². The second-order valence-corrected chi connectivity index (χ2v) is 6.13. The zero-order valence-corrected chi connectivity index (χ0v) is 12.7. The van der Waals surface area contributed by atoms with Crippen LogP contribution in [-0.2, 0) is 6.54 Å². The highest BCUT2D eigenvalue weighted by atomic mass is 19.1. The first kappa shape index (κ1) is 15.2. The van der Waals surface area contributed by atoms with E-state index in [0.29, 0.717) is 24.1 Å². The maximum atomic E-state index is 14.2. The smallest absolute Gasteiger partial charge is 0.149 e. The van der Waals surface area contributed by atoms with Gasteiger partial charge in [0.05, 0.1) is 0 Å². The number of hydrogen-bond donors (Lipinski definition) is 1. The molecule has 2 rings (SSSR count). The van der Waals surface area contributed by atoms with Crippen molar-refractivity contribution in [1.82, 2.24) is 5.32 Å². The third-order valence-corrected chi connectivity index (χ3v) is 4.06. The largest absolute Gasteiger partial charge is 0.367 e. The van der Waals surface area contributed by atoms with E-state index in [1.165, 1.54) is 12.1 Å². The Bertz CT molecular complexity index is 447. The van der Waals surface area contributed by atoms with Gasteiger partial charge in [-0.3, -0.25) is 0 Å². The van der Waals surface area contributed by atoms with Gasteiger partial charge in [0.1, 0.15) is 17.3 Å². The fraction of sp³-hybridized carbons (Fsp3) is 0.625. The number of nitrogens with one attached hydrogen (secondary N) is 1. The van der Waals surface area contributed by atoms with Crippen LogP contribution >= 0.6 is 0 Å². The van der Waals surface area contributed by atoms with Crippen molar-refractivity contribution in [1.29, 1.82) is 0 Å². The number of anilines is 1. The van der Waals surface area contributed by atoms with Crippen LogP contribution in [-0.4, -0.2) is 19.1 Å². The SMILES string of the molecule is CC(C)NCc1cc(F)c(N(C)C(C)C2CC2)c(F)c1. The molecule has 1 aliphatic carbocycles. The predicted molar refractivity (Wildman–Crippen MR) is 78.9 cm³/mol. The molecule has 0 aromatic heterocycles. The first-order chi connectivity index (χ1) is 9.40. The third-order valence-electron chi connectivity index (χ3n) is 4.06. The minimum atomic E-state index is -0.472. The Morgan fingerprint density at radius 2 is 1.75 bits per heavy atom. The maximum Gasteiger partial charge on any atom is 0.149 e. The summed E-state index contributed by atoms with van der Waals surface area (Å²) in [5, 5.41) is 3.17. The van der Waals surface area contributed by atoms with Crippen molar-refractivity contribution in [2.75, 3.05) is 11.9 Å². The van der Waals surface area contributed by atoms with E-state index < -0.39 is 11.6 Å². The van der Waals surface area contributed by atoms with Gasteiger partial charge in [-0.1, -0.05) is 13.8 Å². The molecule has 0 spiro atoms. The summed E-state index contributed by atoms with van der Waals surface area (Å²) in [6.07, 6.45) is 2.32. The summed E-state index contributed by atoms with van der Waals surface area (Å²) in [7, 11) is 1.77. The molecule has 2 nitrogen and oxygen atoms in total. The molecular formula is C16H24F2N2. The first-order valence-corrected chi connectivity index (χ1v) is 7.34. The normalized spacial score (nSPS) is 16.6. The lowest BCUT2D eigenvalue weighted by atomic mass is 10.1. The number of halogens is 2. The van der Waals surface area contributed by atoms with E-state index in [-0.39, 0.29) is 11.7 Å². The molecule has 1 saturated carbocycles. The Hall–Kier alpha value is -1.16. The number of hydrogen-bond acceptors (Lipinski definition) is 2. The van der Waals surface area contributed by atoms with Gasteiger partial charge >= 0.3 is 0 Å². The van der Waals surface area contributed by atoms with E-state index in [9.17, 15) is 8.78 Å². The van der Waals surface area contributed by atoms with Crippen LogP contribution in [0.4, 0.5) is 14.5 Å². The van der Waals surface area contributed by atoms with Gasteiger partial charge in [-0.2, -0.15) is 0 Å². The highest BCUT2D eigenvalue weighted by Gasteiger charge is 2.32. The topological polar surface area (TPSA) is 15.3 Å². The summed E-state index contributed by atoms with van der Waals surface area (Å²) < 4.78 is 28.4. The van der Waals surface area contributed by atoms with E-state index in [1.54, 1.807) is 11.9 Å². The van der Waals surface area contributed by atoms with Crippen LogP contribution in [0.3, 0.4) is 0 Å². The van der Waals surface area contributed by atoms with Gasteiger partial charge in [0.15, 0.2) is 0 Å². The highest BCUT2D eigenvalue weighted by Crippen LogP contribution is 2.37. The molecule has 1 aromatic carbocycles. The molecule has 0 amide bonds. The molecule has 0 aliphatic heterocycles.